The van der Waals surface area contributed by atoms with E-state index in [1.54, 1.807) is 0 Å². The Morgan fingerprint density at radius 1 is 0.920 bits per heavy atom. The molecule has 0 amide bonds. The first-order valence-electron chi connectivity index (χ1n) is 7.39. The first-order chi connectivity index (χ1) is 11.7. The van der Waals surface area contributed by atoms with E-state index in [4.69, 9.17) is 4.74 Å². The monoisotopic (exact) mass is 385 g/mol. The number of sulfonamides is 1. The molecule has 0 saturated carbocycles. The quantitative estimate of drug-likeness (QED) is 0.732. The van der Waals surface area contributed by atoms with Crippen molar-refractivity contribution in [1.82, 2.24) is 4.31 Å². The van der Waals surface area contributed by atoms with Crippen LogP contribution >= 0.6 is 0 Å². The summed E-state index contributed by atoms with van der Waals surface area (Å²) in [5.74, 6) is -0.00408. The zero-order chi connectivity index (χ0) is 18.2. The van der Waals surface area contributed by atoms with Crippen LogP contribution in [-0.2, 0) is 19.9 Å². The molecule has 6 nitrogen and oxygen atoms in total. The van der Waals surface area contributed by atoms with E-state index >= 15 is 0 Å². The summed E-state index contributed by atoms with van der Waals surface area (Å²) in [6.45, 7) is -0.262. The number of halogens is 1. The highest BCUT2D eigenvalue weighted by molar-refractivity contribution is 7.92. The van der Waals surface area contributed by atoms with Gasteiger partial charge in [-0.3, -0.25) is 0 Å². The van der Waals surface area contributed by atoms with Crippen LogP contribution in [0.25, 0.3) is 0 Å². The van der Waals surface area contributed by atoms with E-state index in [0.29, 0.717) is 5.75 Å². The average Bonchev–Trinajstić information content (AvgIpc) is 2.53. The second-order valence-electron chi connectivity index (χ2n) is 5.62. The topological polar surface area (TPSA) is 80.8 Å². The zero-order valence-electron chi connectivity index (χ0n) is 13.3. The van der Waals surface area contributed by atoms with Crippen LogP contribution in [0.4, 0.5) is 4.39 Å². The molecule has 9 heteroatoms. The SMILES string of the molecule is COc1ccc(S(=O)(=O)N2CC(S(=O)(=O)c3ccc(F)cc3)C2)cc1. The van der Waals surface area contributed by atoms with Gasteiger partial charge >= 0.3 is 0 Å². The Morgan fingerprint density at radius 3 is 1.96 bits per heavy atom. The summed E-state index contributed by atoms with van der Waals surface area (Å²) in [4.78, 5) is 0.0614. The summed E-state index contributed by atoms with van der Waals surface area (Å²) >= 11 is 0. The first kappa shape index (κ1) is 17.8. The molecule has 2 aromatic carbocycles. The van der Waals surface area contributed by atoms with Gasteiger partial charge in [0.1, 0.15) is 11.6 Å². The third-order valence-electron chi connectivity index (χ3n) is 4.09. The third-order valence-corrected chi connectivity index (χ3v) is 8.04. The molecule has 25 heavy (non-hydrogen) atoms. The van der Waals surface area contributed by atoms with Gasteiger partial charge in [-0.25, -0.2) is 21.2 Å². The highest BCUT2D eigenvalue weighted by atomic mass is 32.2. The second-order valence-corrected chi connectivity index (χ2v) is 9.78. The summed E-state index contributed by atoms with van der Waals surface area (Å²) in [5.41, 5.74) is 0. The summed E-state index contributed by atoms with van der Waals surface area (Å²) in [6.07, 6.45) is 0. The van der Waals surface area contributed by atoms with Gasteiger partial charge in [-0.2, -0.15) is 4.31 Å². The molecule has 1 saturated heterocycles. The molecule has 2 aromatic rings. The van der Waals surface area contributed by atoms with Crippen LogP contribution in [0.1, 0.15) is 0 Å². The van der Waals surface area contributed by atoms with Crippen molar-refractivity contribution < 1.29 is 26.0 Å². The maximum absolute atomic E-state index is 12.9. The molecule has 0 unspecified atom stereocenters. The fourth-order valence-corrected chi connectivity index (χ4v) is 5.88. The Kier molecular flexibility index (Phi) is 4.56. The minimum atomic E-state index is -3.76. The van der Waals surface area contributed by atoms with Crippen molar-refractivity contribution in [3.8, 4) is 5.75 Å². The lowest BCUT2D eigenvalue weighted by atomic mass is 10.3. The fraction of sp³-hybridized carbons (Fsp3) is 0.250. The molecule has 0 atom stereocenters. The molecule has 0 spiro atoms. The molecular formula is C16H16FNO5S2. The van der Waals surface area contributed by atoms with Crippen LogP contribution in [-0.4, -0.2) is 46.6 Å². The van der Waals surface area contributed by atoms with E-state index in [1.807, 2.05) is 0 Å². The predicted octanol–water partition coefficient (Wildman–Crippen LogP) is 1.68. The molecule has 1 aliphatic rings. The summed E-state index contributed by atoms with van der Waals surface area (Å²) in [7, 11) is -5.98. The van der Waals surface area contributed by atoms with Crippen molar-refractivity contribution >= 4 is 19.9 Å². The van der Waals surface area contributed by atoms with Gasteiger partial charge in [0.25, 0.3) is 0 Å². The Labute approximate surface area is 145 Å². The highest BCUT2D eigenvalue weighted by Crippen LogP contribution is 2.29. The van der Waals surface area contributed by atoms with Crippen molar-refractivity contribution in [1.29, 1.82) is 0 Å². The van der Waals surface area contributed by atoms with Crippen LogP contribution in [0.5, 0.6) is 5.75 Å². The third kappa shape index (κ3) is 3.26. The van der Waals surface area contributed by atoms with Gasteiger partial charge in [0.05, 0.1) is 22.2 Å². The van der Waals surface area contributed by atoms with E-state index in [-0.39, 0.29) is 22.9 Å². The van der Waals surface area contributed by atoms with Gasteiger partial charge < -0.3 is 4.74 Å². The summed E-state index contributed by atoms with van der Waals surface area (Å²) < 4.78 is 69.0. The van der Waals surface area contributed by atoms with E-state index in [0.717, 1.165) is 16.4 Å². The lowest BCUT2D eigenvalue weighted by Gasteiger charge is -2.37. The van der Waals surface area contributed by atoms with Crippen LogP contribution in [0.2, 0.25) is 0 Å². The van der Waals surface area contributed by atoms with Crippen LogP contribution in [0.3, 0.4) is 0 Å². The first-order valence-corrected chi connectivity index (χ1v) is 10.4. The largest absolute Gasteiger partial charge is 0.497 e. The van der Waals surface area contributed by atoms with Gasteiger partial charge in [-0.15, -0.1) is 0 Å². The lowest BCUT2D eigenvalue weighted by molar-refractivity contribution is 0.309. The molecular weight excluding hydrogens is 369 g/mol. The minimum absolute atomic E-state index is 0.0135. The standard InChI is InChI=1S/C16H16FNO5S2/c1-23-13-4-8-15(9-5-13)25(21,22)18-10-16(11-18)24(19,20)14-6-2-12(17)3-7-14/h2-9,16H,10-11H2,1H3. The number of ether oxygens (including phenoxy) is 1. The number of rotatable bonds is 5. The fourth-order valence-electron chi connectivity index (χ4n) is 2.51. The second kappa shape index (κ2) is 6.40. The maximum atomic E-state index is 12.9. The molecule has 134 valence electrons. The molecule has 1 aliphatic heterocycles. The van der Waals surface area contributed by atoms with E-state index in [1.165, 1.54) is 43.5 Å². The van der Waals surface area contributed by atoms with Crippen molar-refractivity contribution in [3.05, 3.63) is 54.3 Å². The Morgan fingerprint density at radius 2 is 1.44 bits per heavy atom. The maximum Gasteiger partial charge on any atom is 0.243 e. The van der Waals surface area contributed by atoms with Gasteiger partial charge in [0.2, 0.25) is 10.0 Å². The Balaban J connectivity index is 1.75. The molecule has 0 radical (unpaired) electrons. The number of methoxy groups -OCH3 is 1. The Hall–Kier alpha value is -1.97. The number of hydrogen-bond acceptors (Lipinski definition) is 5. The molecule has 3 rings (SSSR count). The van der Waals surface area contributed by atoms with Crippen LogP contribution in [0, 0.1) is 5.82 Å². The van der Waals surface area contributed by atoms with Crippen molar-refractivity contribution in [3.63, 3.8) is 0 Å². The van der Waals surface area contributed by atoms with Crippen LogP contribution < -0.4 is 4.74 Å². The Bertz CT molecular complexity index is 964. The molecule has 1 heterocycles. The van der Waals surface area contributed by atoms with Crippen molar-refractivity contribution in [2.24, 2.45) is 0 Å². The molecule has 0 aliphatic carbocycles. The van der Waals surface area contributed by atoms with Crippen LogP contribution in [0.15, 0.2) is 58.3 Å². The predicted molar refractivity (Wildman–Crippen MR) is 89.1 cm³/mol. The van der Waals surface area contributed by atoms with E-state index < -0.39 is 30.9 Å². The van der Waals surface area contributed by atoms with E-state index in [9.17, 15) is 21.2 Å². The van der Waals surface area contributed by atoms with E-state index in [2.05, 4.69) is 0 Å². The van der Waals surface area contributed by atoms with Gasteiger partial charge in [-0.05, 0) is 48.5 Å². The zero-order valence-corrected chi connectivity index (χ0v) is 14.9. The molecule has 1 fully saturated rings. The summed E-state index contributed by atoms with van der Waals surface area (Å²) in [5, 5.41) is -0.842. The van der Waals surface area contributed by atoms with Gasteiger partial charge in [0.15, 0.2) is 9.84 Å². The molecule has 0 aromatic heterocycles. The average molecular weight is 385 g/mol. The summed E-state index contributed by atoms with van der Waals surface area (Å²) in [6, 6.07) is 10.4. The van der Waals surface area contributed by atoms with Crippen molar-refractivity contribution in [2.75, 3.05) is 20.2 Å². The highest BCUT2D eigenvalue weighted by Gasteiger charge is 2.44. The molecule has 0 bridgehead atoms. The minimum Gasteiger partial charge on any atom is -0.497 e. The smallest absolute Gasteiger partial charge is 0.243 e. The number of benzene rings is 2. The van der Waals surface area contributed by atoms with Gasteiger partial charge in [-0.1, -0.05) is 0 Å². The van der Waals surface area contributed by atoms with Gasteiger partial charge in [0, 0.05) is 13.1 Å². The normalized spacial score (nSPS) is 16.4. The van der Waals surface area contributed by atoms with Crippen molar-refractivity contribution in [2.45, 2.75) is 15.0 Å². The number of sulfone groups is 1. The number of nitrogens with zero attached hydrogens (tertiary/aromatic N) is 1. The molecule has 0 N–H and O–H groups in total. The number of hydrogen-bond donors (Lipinski definition) is 0. The lowest BCUT2D eigenvalue weighted by Crippen LogP contribution is -2.56.